The third-order valence-corrected chi connectivity index (χ3v) is 3.51. The number of carbonyl (C=O) groups is 1. The van der Waals surface area contributed by atoms with Crippen molar-refractivity contribution in [1.29, 1.82) is 0 Å². The highest BCUT2D eigenvalue weighted by molar-refractivity contribution is 5.74. The highest BCUT2D eigenvalue weighted by Gasteiger charge is 2.34. The fourth-order valence-corrected chi connectivity index (χ4v) is 2.08. The van der Waals surface area contributed by atoms with Crippen LogP contribution in [0.2, 0.25) is 0 Å². The lowest BCUT2D eigenvalue weighted by Gasteiger charge is -2.22. The van der Waals surface area contributed by atoms with Gasteiger partial charge in [-0.2, -0.15) is 13.2 Å². The van der Waals surface area contributed by atoms with Crippen LogP contribution < -0.4 is 10.6 Å². The van der Waals surface area contributed by atoms with E-state index in [0.29, 0.717) is 13.0 Å². The molecule has 1 aliphatic rings. The van der Waals surface area contributed by atoms with E-state index < -0.39 is 18.8 Å². The maximum Gasteiger partial charge on any atom is 0.401 e. The van der Waals surface area contributed by atoms with Crippen molar-refractivity contribution in [3.8, 4) is 0 Å². The summed E-state index contributed by atoms with van der Waals surface area (Å²) >= 11 is 0. The van der Waals surface area contributed by atoms with Crippen LogP contribution in [0, 0.1) is 5.92 Å². The van der Waals surface area contributed by atoms with Gasteiger partial charge < -0.3 is 15.7 Å². The fraction of sp³-hybridized carbons (Fsp3) is 0.917. The molecule has 1 heterocycles. The summed E-state index contributed by atoms with van der Waals surface area (Å²) in [5.74, 6) is -0.0777. The molecule has 20 heavy (non-hydrogen) atoms. The number of aliphatic hydroxyl groups is 1. The van der Waals surface area contributed by atoms with Crippen LogP contribution in [-0.2, 0) is 0 Å². The second kappa shape index (κ2) is 7.12. The number of halogens is 3. The first-order valence-corrected chi connectivity index (χ1v) is 6.68. The molecule has 0 saturated carbocycles. The normalized spacial score (nSPS) is 23.4. The molecule has 2 amide bonds. The zero-order valence-electron chi connectivity index (χ0n) is 11.7. The number of aliphatic hydroxyl groups excluding tert-OH is 1. The number of carbonyl (C=O) groups excluding carboxylic acids is 1. The molecule has 118 valence electrons. The number of likely N-dealkylation sites (tertiary alicyclic amines) is 1. The van der Waals surface area contributed by atoms with Crippen LogP contribution in [0.15, 0.2) is 0 Å². The van der Waals surface area contributed by atoms with Crippen molar-refractivity contribution in [3.63, 3.8) is 0 Å². The van der Waals surface area contributed by atoms with Gasteiger partial charge in [-0.25, -0.2) is 4.79 Å². The minimum Gasteiger partial charge on any atom is -0.396 e. The Bertz CT molecular complexity index is 326. The van der Waals surface area contributed by atoms with Crippen molar-refractivity contribution >= 4 is 6.03 Å². The van der Waals surface area contributed by atoms with Gasteiger partial charge in [0.15, 0.2) is 0 Å². The lowest BCUT2D eigenvalue weighted by Crippen LogP contribution is -2.48. The first-order chi connectivity index (χ1) is 9.21. The van der Waals surface area contributed by atoms with Crippen molar-refractivity contribution in [2.45, 2.75) is 38.5 Å². The monoisotopic (exact) mass is 297 g/mol. The quantitative estimate of drug-likeness (QED) is 0.707. The molecule has 5 nitrogen and oxygen atoms in total. The van der Waals surface area contributed by atoms with Crippen LogP contribution in [0.1, 0.15) is 20.3 Å². The molecule has 0 spiro atoms. The summed E-state index contributed by atoms with van der Waals surface area (Å²) in [6, 6.07) is -0.877. The van der Waals surface area contributed by atoms with Crippen molar-refractivity contribution in [2.24, 2.45) is 5.92 Å². The van der Waals surface area contributed by atoms with E-state index in [-0.39, 0.29) is 31.2 Å². The van der Waals surface area contributed by atoms with E-state index in [1.807, 2.05) is 0 Å². The molecule has 0 radical (unpaired) electrons. The van der Waals surface area contributed by atoms with Crippen LogP contribution in [-0.4, -0.2) is 60.5 Å². The van der Waals surface area contributed by atoms with Gasteiger partial charge in [0.1, 0.15) is 0 Å². The molecule has 0 aromatic heterocycles. The molecule has 1 aliphatic heterocycles. The number of rotatable bonds is 5. The second-order valence-electron chi connectivity index (χ2n) is 5.40. The Balaban J connectivity index is 2.31. The van der Waals surface area contributed by atoms with Gasteiger partial charge in [0.05, 0.1) is 6.54 Å². The predicted octanol–water partition coefficient (Wildman–Crippen LogP) is 0.939. The topological polar surface area (TPSA) is 64.6 Å². The maximum atomic E-state index is 12.2. The van der Waals surface area contributed by atoms with Crippen LogP contribution in [0.25, 0.3) is 0 Å². The molecule has 0 aliphatic carbocycles. The van der Waals surface area contributed by atoms with Gasteiger partial charge in [-0.15, -0.1) is 0 Å². The Labute approximate surface area is 116 Å². The van der Waals surface area contributed by atoms with Crippen molar-refractivity contribution in [1.82, 2.24) is 15.5 Å². The lowest BCUT2D eigenvalue weighted by atomic mass is 10.1. The first-order valence-electron chi connectivity index (χ1n) is 6.68. The number of amides is 2. The number of urea groups is 1. The van der Waals surface area contributed by atoms with Gasteiger partial charge in [-0.1, -0.05) is 6.92 Å². The number of hydrogen-bond acceptors (Lipinski definition) is 3. The van der Waals surface area contributed by atoms with Crippen LogP contribution in [0.3, 0.4) is 0 Å². The zero-order valence-corrected chi connectivity index (χ0v) is 11.7. The zero-order chi connectivity index (χ0) is 15.3. The van der Waals surface area contributed by atoms with E-state index in [9.17, 15) is 18.0 Å². The van der Waals surface area contributed by atoms with E-state index in [2.05, 4.69) is 10.6 Å². The summed E-state index contributed by atoms with van der Waals surface area (Å²) in [6.07, 6.45) is -3.70. The smallest absolute Gasteiger partial charge is 0.396 e. The Kier molecular flexibility index (Phi) is 6.07. The van der Waals surface area contributed by atoms with Gasteiger partial charge in [0.2, 0.25) is 0 Å². The summed E-state index contributed by atoms with van der Waals surface area (Å²) in [7, 11) is 0. The molecule has 0 aromatic carbocycles. The molecular weight excluding hydrogens is 275 g/mol. The molecule has 3 N–H and O–H groups in total. The van der Waals surface area contributed by atoms with Crippen LogP contribution >= 0.6 is 0 Å². The average Bonchev–Trinajstić information content (AvgIpc) is 2.72. The lowest BCUT2D eigenvalue weighted by molar-refractivity contribution is -0.143. The molecule has 1 saturated heterocycles. The summed E-state index contributed by atoms with van der Waals surface area (Å²) in [5, 5.41) is 14.3. The molecule has 0 bridgehead atoms. The second-order valence-corrected chi connectivity index (χ2v) is 5.40. The van der Waals surface area contributed by atoms with E-state index in [1.165, 1.54) is 4.90 Å². The molecule has 1 fully saturated rings. The van der Waals surface area contributed by atoms with Crippen molar-refractivity contribution in [3.05, 3.63) is 0 Å². The first kappa shape index (κ1) is 17.0. The summed E-state index contributed by atoms with van der Waals surface area (Å²) in [5.41, 5.74) is 0. The van der Waals surface area contributed by atoms with Gasteiger partial charge in [-0.3, -0.25) is 4.90 Å². The Morgan fingerprint density at radius 2 is 2.10 bits per heavy atom. The molecule has 3 atom stereocenters. The SMILES string of the molecule is CC(CO)C(C)NC(=O)NC1CCN(CC(F)(F)F)C1. The minimum atomic E-state index is -4.21. The van der Waals surface area contributed by atoms with Gasteiger partial charge in [0.25, 0.3) is 0 Å². The molecule has 1 rings (SSSR count). The van der Waals surface area contributed by atoms with E-state index in [1.54, 1.807) is 13.8 Å². The standard InChI is InChI=1S/C12H22F3N3O2/c1-8(6-19)9(2)16-11(20)17-10-3-4-18(5-10)7-12(13,14)15/h8-10,19H,3-7H2,1-2H3,(H2,16,17,20). The predicted molar refractivity (Wildman–Crippen MR) is 68.3 cm³/mol. The number of nitrogens with one attached hydrogen (secondary N) is 2. The highest BCUT2D eigenvalue weighted by atomic mass is 19.4. The van der Waals surface area contributed by atoms with E-state index in [0.717, 1.165) is 0 Å². The molecular formula is C12H22F3N3O2. The number of alkyl halides is 3. The third kappa shape index (κ3) is 5.96. The van der Waals surface area contributed by atoms with Crippen LogP contribution in [0.4, 0.5) is 18.0 Å². The van der Waals surface area contributed by atoms with E-state index >= 15 is 0 Å². The Hall–Kier alpha value is -1.02. The fourth-order valence-electron chi connectivity index (χ4n) is 2.08. The van der Waals surface area contributed by atoms with Gasteiger partial charge in [0, 0.05) is 31.8 Å². The average molecular weight is 297 g/mol. The summed E-state index contributed by atoms with van der Waals surface area (Å²) in [6.45, 7) is 3.12. The number of hydrogen-bond donors (Lipinski definition) is 3. The molecule has 8 heteroatoms. The van der Waals surface area contributed by atoms with Crippen molar-refractivity contribution < 1.29 is 23.1 Å². The number of nitrogens with zero attached hydrogens (tertiary/aromatic N) is 1. The highest BCUT2D eigenvalue weighted by Crippen LogP contribution is 2.19. The Morgan fingerprint density at radius 1 is 1.45 bits per heavy atom. The van der Waals surface area contributed by atoms with E-state index in [4.69, 9.17) is 5.11 Å². The van der Waals surface area contributed by atoms with Gasteiger partial charge in [-0.05, 0) is 19.3 Å². The van der Waals surface area contributed by atoms with Crippen LogP contribution in [0.5, 0.6) is 0 Å². The summed E-state index contributed by atoms with van der Waals surface area (Å²) < 4.78 is 36.7. The van der Waals surface area contributed by atoms with Crippen molar-refractivity contribution in [2.75, 3.05) is 26.2 Å². The largest absolute Gasteiger partial charge is 0.401 e. The Morgan fingerprint density at radius 3 is 2.65 bits per heavy atom. The maximum absolute atomic E-state index is 12.2. The minimum absolute atomic E-state index is 0.0375. The summed E-state index contributed by atoms with van der Waals surface area (Å²) in [4.78, 5) is 13.0. The van der Waals surface area contributed by atoms with Gasteiger partial charge >= 0.3 is 12.2 Å². The molecule has 3 unspecified atom stereocenters. The molecule has 0 aromatic rings. The third-order valence-electron chi connectivity index (χ3n) is 3.51.